The van der Waals surface area contributed by atoms with Gasteiger partial charge in [-0.3, -0.25) is 9.67 Å². The van der Waals surface area contributed by atoms with Gasteiger partial charge in [-0.25, -0.2) is 0 Å². The Balaban J connectivity index is 1.96. The van der Waals surface area contributed by atoms with Crippen LogP contribution in [0.2, 0.25) is 0 Å². The van der Waals surface area contributed by atoms with Crippen LogP contribution in [0.3, 0.4) is 0 Å². The van der Waals surface area contributed by atoms with Gasteiger partial charge in [-0.1, -0.05) is 22.5 Å². The highest BCUT2D eigenvalue weighted by atomic mass is 79.9. The molecule has 0 aromatic carbocycles. The maximum Gasteiger partial charge on any atom is 0.191 e. The van der Waals surface area contributed by atoms with Gasteiger partial charge in [-0.2, -0.15) is 5.10 Å². The van der Waals surface area contributed by atoms with E-state index < -0.39 is 0 Å². The average molecular weight is 354 g/mol. The van der Waals surface area contributed by atoms with Crippen molar-refractivity contribution in [3.05, 3.63) is 28.5 Å². The standard InChI is InChI=1S/C15H24BrN5/c1-10(2)21-9-12-5-6-13(7-14(12)20-21)19-15(17-4)18-8-11(3)16/h9-10,13H,3,5-8H2,1-2,4H3,(H2,17,18,19). The monoisotopic (exact) mass is 353 g/mol. The van der Waals surface area contributed by atoms with Crippen LogP contribution in [0, 0.1) is 0 Å². The summed E-state index contributed by atoms with van der Waals surface area (Å²) in [4.78, 5) is 4.25. The molecule has 1 aliphatic carbocycles. The second-order valence-electron chi connectivity index (χ2n) is 5.70. The highest BCUT2D eigenvalue weighted by Crippen LogP contribution is 2.21. The van der Waals surface area contributed by atoms with Gasteiger partial charge in [0.2, 0.25) is 0 Å². The number of hydrogen-bond donors (Lipinski definition) is 2. The molecule has 0 aliphatic heterocycles. The van der Waals surface area contributed by atoms with Crippen LogP contribution in [0.1, 0.15) is 37.6 Å². The third-order valence-corrected chi connectivity index (χ3v) is 3.92. The first kappa shape index (κ1) is 16.1. The summed E-state index contributed by atoms with van der Waals surface area (Å²) < 4.78 is 2.97. The van der Waals surface area contributed by atoms with E-state index in [-0.39, 0.29) is 0 Å². The molecular formula is C15H24BrN5. The Bertz CT molecular complexity index is 532. The molecule has 6 heteroatoms. The molecule has 21 heavy (non-hydrogen) atoms. The van der Waals surface area contributed by atoms with Crippen LogP contribution in [0.15, 0.2) is 22.3 Å². The van der Waals surface area contributed by atoms with Gasteiger partial charge >= 0.3 is 0 Å². The molecule has 0 amide bonds. The van der Waals surface area contributed by atoms with E-state index in [0.29, 0.717) is 18.6 Å². The van der Waals surface area contributed by atoms with Crippen LogP contribution in [0.4, 0.5) is 0 Å². The number of aromatic nitrogens is 2. The Morgan fingerprint density at radius 2 is 2.38 bits per heavy atom. The summed E-state index contributed by atoms with van der Waals surface area (Å²) in [5.74, 6) is 0.812. The van der Waals surface area contributed by atoms with E-state index in [9.17, 15) is 0 Å². The molecule has 0 radical (unpaired) electrons. The van der Waals surface area contributed by atoms with Crippen molar-refractivity contribution in [1.29, 1.82) is 0 Å². The van der Waals surface area contributed by atoms with Gasteiger partial charge in [0.05, 0.1) is 5.69 Å². The summed E-state index contributed by atoms with van der Waals surface area (Å²) in [7, 11) is 1.79. The van der Waals surface area contributed by atoms with Crippen molar-refractivity contribution in [3.8, 4) is 0 Å². The van der Waals surface area contributed by atoms with E-state index in [1.807, 2.05) is 0 Å². The Labute approximate surface area is 135 Å². The lowest BCUT2D eigenvalue weighted by Gasteiger charge is -2.24. The number of hydrogen-bond acceptors (Lipinski definition) is 2. The van der Waals surface area contributed by atoms with Crippen LogP contribution in [0.25, 0.3) is 0 Å². The molecule has 1 unspecified atom stereocenters. The summed E-state index contributed by atoms with van der Waals surface area (Å²) >= 11 is 3.34. The zero-order valence-electron chi connectivity index (χ0n) is 13.0. The smallest absolute Gasteiger partial charge is 0.191 e. The molecular weight excluding hydrogens is 330 g/mol. The van der Waals surface area contributed by atoms with Crippen molar-refractivity contribution < 1.29 is 0 Å². The molecule has 0 fully saturated rings. The van der Waals surface area contributed by atoms with Gasteiger partial charge in [0, 0.05) is 42.8 Å². The van der Waals surface area contributed by atoms with Gasteiger partial charge in [0.1, 0.15) is 0 Å². The van der Waals surface area contributed by atoms with Crippen molar-refractivity contribution >= 4 is 21.9 Å². The fraction of sp³-hybridized carbons (Fsp3) is 0.600. The minimum atomic E-state index is 0.378. The van der Waals surface area contributed by atoms with Crippen LogP contribution < -0.4 is 10.6 Å². The van der Waals surface area contributed by atoms with Gasteiger partial charge < -0.3 is 10.6 Å². The fourth-order valence-electron chi connectivity index (χ4n) is 2.47. The number of aliphatic imine (C=N–C) groups is 1. The minimum absolute atomic E-state index is 0.378. The van der Waals surface area contributed by atoms with E-state index in [2.05, 4.69) is 62.9 Å². The molecule has 116 valence electrons. The fourth-order valence-corrected chi connectivity index (χ4v) is 2.61. The number of nitrogens with zero attached hydrogens (tertiary/aromatic N) is 3. The Morgan fingerprint density at radius 1 is 1.62 bits per heavy atom. The highest BCUT2D eigenvalue weighted by molar-refractivity contribution is 9.11. The van der Waals surface area contributed by atoms with Crippen molar-refractivity contribution in [1.82, 2.24) is 20.4 Å². The van der Waals surface area contributed by atoms with E-state index in [4.69, 9.17) is 5.10 Å². The van der Waals surface area contributed by atoms with E-state index >= 15 is 0 Å². The van der Waals surface area contributed by atoms with Crippen molar-refractivity contribution in [2.45, 2.75) is 45.2 Å². The predicted octanol–water partition coefficient (Wildman–Crippen LogP) is 2.39. The number of rotatable bonds is 4. The molecule has 1 aromatic heterocycles. The number of halogens is 1. The summed E-state index contributed by atoms with van der Waals surface area (Å²) in [5.41, 5.74) is 2.60. The number of guanidine groups is 1. The number of fused-ring (bicyclic) bond motifs is 1. The second kappa shape index (κ2) is 7.11. The third kappa shape index (κ3) is 4.33. The Hall–Kier alpha value is -1.30. The third-order valence-electron chi connectivity index (χ3n) is 3.64. The zero-order chi connectivity index (χ0) is 15.4. The largest absolute Gasteiger partial charge is 0.353 e. The molecule has 2 N–H and O–H groups in total. The van der Waals surface area contributed by atoms with Crippen LogP contribution in [0.5, 0.6) is 0 Å². The molecule has 1 aromatic rings. The maximum atomic E-state index is 4.70. The number of nitrogens with one attached hydrogen (secondary N) is 2. The van der Waals surface area contributed by atoms with E-state index in [1.54, 1.807) is 7.05 Å². The topological polar surface area (TPSA) is 54.2 Å². The lowest BCUT2D eigenvalue weighted by Crippen LogP contribution is -2.45. The van der Waals surface area contributed by atoms with Crippen LogP contribution >= 0.6 is 15.9 Å². The summed E-state index contributed by atoms with van der Waals surface area (Å²) in [5, 5.41) is 11.4. The summed E-state index contributed by atoms with van der Waals surface area (Å²) in [6.45, 7) is 8.80. The lowest BCUT2D eigenvalue weighted by atomic mass is 9.94. The van der Waals surface area contributed by atoms with E-state index in [0.717, 1.165) is 29.7 Å². The zero-order valence-corrected chi connectivity index (χ0v) is 14.6. The minimum Gasteiger partial charge on any atom is -0.353 e. The molecule has 0 saturated heterocycles. The highest BCUT2D eigenvalue weighted by Gasteiger charge is 2.22. The molecule has 0 saturated carbocycles. The molecule has 0 spiro atoms. The quantitative estimate of drug-likeness (QED) is 0.645. The maximum absolute atomic E-state index is 4.70. The van der Waals surface area contributed by atoms with Crippen molar-refractivity contribution in [2.75, 3.05) is 13.6 Å². The average Bonchev–Trinajstić information content (AvgIpc) is 2.86. The van der Waals surface area contributed by atoms with Gasteiger partial charge in [0.25, 0.3) is 0 Å². The molecule has 2 rings (SSSR count). The van der Waals surface area contributed by atoms with Gasteiger partial charge in [-0.05, 0) is 32.3 Å². The van der Waals surface area contributed by atoms with Crippen molar-refractivity contribution in [2.24, 2.45) is 4.99 Å². The lowest BCUT2D eigenvalue weighted by molar-refractivity contribution is 0.500. The molecule has 5 nitrogen and oxygen atoms in total. The van der Waals surface area contributed by atoms with E-state index in [1.165, 1.54) is 11.3 Å². The summed E-state index contributed by atoms with van der Waals surface area (Å²) in [6, 6.07) is 0.796. The SMILES string of the molecule is C=C(Br)CNC(=NC)NC1CCc2cn(C(C)C)nc2C1. The molecule has 1 atom stereocenters. The Morgan fingerprint density at radius 3 is 3.00 bits per heavy atom. The van der Waals surface area contributed by atoms with Crippen molar-refractivity contribution in [3.63, 3.8) is 0 Å². The van der Waals surface area contributed by atoms with Gasteiger partial charge in [-0.15, -0.1) is 0 Å². The normalized spacial score (nSPS) is 18.5. The molecule has 1 aliphatic rings. The van der Waals surface area contributed by atoms with Crippen LogP contribution in [-0.4, -0.2) is 35.4 Å². The van der Waals surface area contributed by atoms with Crippen LogP contribution in [-0.2, 0) is 12.8 Å². The summed E-state index contributed by atoms with van der Waals surface area (Å²) in [6.07, 6.45) is 5.32. The van der Waals surface area contributed by atoms with Gasteiger partial charge in [0.15, 0.2) is 5.96 Å². The Kier molecular flexibility index (Phi) is 5.45. The second-order valence-corrected chi connectivity index (χ2v) is 6.82. The predicted molar refractivity (Wildman–Crippen MR) is 91.0 cm³/mol. The number of aryl methyl sites for hydroxylation is 1. The first-order chi connectivity index (χ1) is 9.99. The molecule has 0 bridgehead atoms. The first-order valence-electron chi connectivity index (χ1n) is 7.37. The first-order valence-corrected chi connectivity index (χ1v) is 8.16. The molecule has 1 heterocycles.